The van der Waals surface area contributed by atoms with E-state index in [0.29, 0.717) is 30.1 Å². The number of para-hydroxylation sites is 1. The number of carbonyl (C=O) groups excluding carboxylic acids is 3. The van der Waals surface area contributed by atoms with Gasteiger partial charge in [-0.25, -0.2) is 14.8 Å². The lowest BCUT2D eigenvalue weighted by Crippen LogP contribution is -2.48. The van der Waals surface area contributed by atoms with E-state index in [2.05, 4.69) is 52.5 Å². The van der Waals surface area contributed by atoms with Gasteiger partial charge in [-0.1, -0.05) is 29.5 Å². The number of ether oxygens (including phenoxy) is 1. The van der Waals surface area contributed by atoms with E-state index < -0.39 is 17.9 Å². The highest BCUT2D eigenvalue weighted by molar-refractivity contribution is 6.68. The number of piperazine rings is 1. The molecule has 17 nitrogen and oxygen atoms in total. The number of nitrogens with one attached hydrogen (secondary N) is 4. The fraction of sp³-hybridized carbons (Fsp3) is 0.500. The number of imidazole rings is 1. The lowest BCUT2D eigenvalue weighted by Gasteiger charge is -2.37. The summed E-state index contributed by atoms with van der Waals surface area (Å²) in [5, 5.41) is 16.3. The van der Waals surface area contributed by atoms with Crippen LogP contribution in [0.5, 0.6) is 0 Å². The third kappa shape index (κ3) is 8.83. The van der Waals surface area contributed by atoms with Crippen molar-refractivity contribution in [3.63, 3.8) is 0 Å². The zero-order chi connectivity index (χ0) is 41.9. The van der Waals surface area contributed by atoms with Crippen molar-refractivity contribution in [1.82, 2.24) is 44.9 Å². The maximum Gasteiger partial charge on any atom is 0.329 e. The second-order valence-electron chi connectivity index (χ2n) is 16.3. The van der Waals surface area contributed by atoms with Crippen molar-refractivity contribution in [3.8, 4) is 11.8 Å². The Morgan fingerprint density at radius 3 is 2.58 bits per heavy atom. The highest BCUT2D eigenvalue weighted by Gasteiger charge is 2.40. The number of aromatic nitrogens is 4. The van der Waals surface area contributed by atoms with Crippen molar-refractivity contribution in [3.05, 3.63) is 70.4 Å². The van der Waals surface area contributed by atoms with Gasteiger partial charge in [0, 0.05) is 77.4 Å². The number of piperidine rings is 1. The SMILES string of the molecule is Cn1c(=O)n(C2CCC(=O)NC2=O)c2cccc(C#CCN3CCN(CC4CCC(N/C=C(/NC(=O)/C(=C/N)c5nccc(N6C[C@H]7C[C@@H]6CO7)n5)C(=N)Cl)CC4)CC3)c21. The molecule has 316 valence electrons. The molecule has 6 N–H and O–H groups in total. The average Bonchev–Trinajstić information content (AvgIpc) is 3.95. The van der Waals surface area contributed by atoms with Gasteiger partial charge in [-0.3, -0.25) is 39.1 Å². The van der Waals surface area contributed by atoms with E-state index in [1.165, 1.54) is 15.3 Å². The molecule has 1 aliphatic carbocycles. The minimum absolute atomic E-state index is 0.0824. The van der Waals surface area contributed by atoms with Gasteiger partial charge in [0.2, 0.25) is 11.8 Å². The molecule has 6 heterocycles. The maximum absolute atomic E-state index is 13.4. The fourth-order valence-electron chi connectivity index (χ4n) is 9.14. The molecule has 4 aliphatic heterocycles. The minimum Gasteiger partial charge on any atom is -0.404 e. The summed E-state index contributed by atoms with van der Waals surface area (Å²) < 4.78 is 8.73. The van der Waals surface area contributed by atoms with Crippen LogP contribution in [0.15, 0.2) is 53.4 Å². The van der Waals surface area contributed by atoms with Crippen LogP contribution < -0.4 is 32.3 Å². The second-order valence-corrected chi connectivity index (χ2v) is 16.6. The van der Waals surface area contributed by atoms with Gasteiger partial charge in [0.25, 0.3) is 5.91 Å². The van der Waals surface area contributed by atoms with Crippen molar-refractivity contribution < 1.29 is 19.1 Å². The van der Waals surface area contributed by atoms with Crippen LogP contribution in [0.2, 0.25) is 0 Å². The third-order valence-electron chi connectivity index (χ3n) is 12.4. The summed E-state index contributed by atoms with van der Waals surface area (Å²) in [4.78, 5) is 66.9. The van der Waals surface area contributed by atoms with Crippen molar-refractivity contribution >= 4 is 56.9 Å². The lowest BCUT2D eigenvalue weighted by atomic mass is 9.85. The van der Waals surface area contributed by atoms with Crippen molar-refractivity contribution in [1.29, 1.82) is 5.41 Å². The first-order valence-corrected chi connectivity index (χ1v) is 21.1. The minimum atomic E-state index is -0.735. The van der Waals surface area contributed by atoms with Crippen molar-refractivity contribution in [2.45, 2.75) is 69.2 Å². The van der Waals surface area contributed by atoms with Crippen LogP contribution in [0, 0.1) is 23.2 Å². The molecule has 0 radical (unpaired) electrons. The Morgan fingerprint density at radius 1 is 1.10 bits per heavy atom. The third-order valence-corrected chi connectivity index (χ3v) is 12.6. The van der Waals surface area contributed by atoms with E-state index in [4.69, 9.17) is 27.5 Å². The zero-order valence-corrected chi connectivity index (χ0v) is 34.4. The van der Waals surface area contributed by atoms with Crippen LogP contribution in [-0.4, -0.2) is 122 Å². The number of anilines is 1. The number of aryl methyl sites for hydroxylation is 1. The highest BCUT2D eigenvalue weighted by atomic mass is 35.5. The molecule has 60 heavy (non-hydrogen) atoms. The number of halogens is 1. The first-order valence-electron chi connectivity index (χ1n) is 20.7. The fourth-order valence-corrected chi connectivity index (χ4v) is 9.24. The molecule has 1 aromatic carbocycles. The van der Waals surface area contributed by atoms with Crippen LogP contribution in [0.25, 0.3) is 16.6 Å². The number of rotatable bonds is 11. The predicted molar refractivity (Wildman–Crippen MR) is 227 cm³/mol. The Morgan fingerprint density at radius 2 is 1.88 bits per heavy atom. The van der Waals surface area contributed by atoms with Gasteiger partial charge in [0.1, 0.15) is 17.0 Å². The lowest BCUT2D eigenvalue weighted by molar-refractivity contribution is -0.135. The smallest absolute Gasteiger partial charge is 0.329 e. The van der Waals surface area contributed by atoms with Crippen LogP contribution in [0.1, 0.15) is 62.4 Å². The summed E-state index contributed by atoms with van der Waals surface area (Å²) in [6.45, 7) is 6.81. The standard InChI is InChI=1S/C42H51ClN12O5/c1-51-37-27(4-2-6-33(37)55(42(51)59)34-11-12-36(56)50-41(34)58)5-3-15-52-16-18-53(19-17-52)23-26-7-9-28(10-8-26)47-22-32(38(43)45)48-40(57)31(21-44)39-46-14-13-35(49-39)54-24-30-20-29(54)25-60-30/h2,4,6,13-14,21-22,26,28-30,34,45,47H,7-12,15-20,23-25,44H2,1H3,(H,48,57)(H,50,56,58)/b31-21+,32-22+,45-38?/t26?,28?,29-,30-,34?/m1/s1. The first kappa shape index (κ1) is 41.2. The summed E-state index contributed by atoms with van der Waals surface area (Å²) in [6, 6.07) is 7.08. The van der Waals surface area contributed by atoms with Gasteiger partial charge in [0.05, 0.1) is 53.2 Å². The van der Waals surface area contributed by atoms with Crippen LogP contribution in [0.3, 0.4) is 0 Å². The normalized spacial score (nSPS) is 25.2. The first-order chi connectivity index (χ1) is 29.1. The van der Waals surface area contributed by atoms with E-state index in [0.717, 1.165) is 82.8 Å². The van der Waals surface area contributed by atoms with E-state index in [-0.39, 0.29) is 64.9 Å². The number of imide groups is 1. The molecule has 5 fully saturated rings. The number of carbonyl (C=O) groups is 3. The van der Waals surface area contributed by atoms with Crippen LogP contribution in [0.4, 0.5) is 5.82 Å². The molecular formula is C42H51ClN12O5. The number of nitrogens with zero attached hydrogens (tertiary/aromatic N) is 7. The molecular weight excluding hydrogens is 788 g/mol. The van der Waals surface area contributed by atoms with Gasteiger partial charge >= 0.3 is 5.69 Å². The Hall–Kier alpha value is -5.54. The average molecular weight is 839 g/mol. The Labute approximate surface area is 352 Å². The Kier molecular flexibility index (Phi) is 12.3. The largest absolute Gasteiger partial charge is 0.404 e. The molecule has 2 aromatic heterocycles. The quantitative estimate of drug-likeness (QED) is 0.0804. The van der Waals surface area contributed by atoms with Crippen molar-refractivity contribution in [2.24, 2.45) is 18.7 Å². The summed E-state index contributed by atoms with van der Waals surface area (Å²) >= 11 is 6.12. The zero-order valence-electron chi connectivity index (χ0n) is 33.7. The highest BCUT2D eigenvalue weighted by Crippen LogP contribution is 2.32. The molecule has 3 aromatic rings. The van der Waals surface area contributed by atoms with Gasteiger partial charge < -0.3 is 30.9 Å². The number of benzene rings is 1. The van der Waals surface area contributed by atoms with E-state index in [1.54, 1.807) is 19.4 Å². The Balaban J connectivity index is 0.785. The van der Waals surface area contributed by atoms with Gasteiger partial charge in [-0.2, -0.15) is 0 Å². The topological polar surface area (TPSA) is 209 Å². The molecule has 3 atom stereocenters. The number of fused-ring (bicyclic) bond motifs is 3. The maximum atomic E-state index is 13.4. The molecule has 2 bridgehead atoms. The number of allylic oxidation sites excluding steroid dienone is 1. The van der Waals surface area contributed by atoms with E-state index in [9.17, 15) is 19.2 Å². The molecule has 4 saturated heterocycles. The van der Waals surface area contributed by atoms with E-state index in [1.807, 2.05) is 24.3 Å². The summed E-state index contributed by atoms with van der Waals surface area (Å²) in [5.74, 6) is 6.76. The molecule has 0 spiro atoms. The number of hydrogen-bond acceptors (Lipinski definition) is 13. The number of amides is 3. The van der Waals surface area contributed by atoms with Gasteiger partial charge in [0.15, 0.2) is 5.82 Å². The molecule has 1 saturated carbocycles. The molecule has 1 unspecified atom stereocenters. The van der Waals surface area contributed by atoms with Crippen LogP contribution in [-0.2, 0) is 26.2 Å². The Bertz CT molecular complexity index is 2350. The number of hydrogen-bond donors (Lipinski definition) is 5. The molecule has 3 amide bonds. The monoisotopic (exact) mass is 838 g/mol. The van der Waals surface area contributed by atoms with Crippen molar-refractivity contribution in [2.75, 3.05) is 57.3 Å². The van der Waals surface area contributed by atoms with Gasteiger partial charge in [-0.05, 0) is 62.6 Å². The molecule has 18 heteroatoms. The molecule has 8 rings (SSSR count). The number of morpholine rings is 1. The predicted octanol–water partition coefficient (Wildman–Crippen LogP) is 1.38. The summed E-state index contributed by atoms with van der Waals surface area (Å²) in [7, 11) is 1.69. The van der Waals surface area contributed by atoms with E-state index >= 15 is 0 Å². The summed E-state index contributed by atoms with van der Waals surface area (Å²) in [5.41, 5.74) is 7.85. The molecule has 5 aliphatic rings. The van der Waals surface area contributed by atoms with Crippen LogP contribution >= 0.6 is 11.6 Å². The number of nitrogens with two attached hydrogens (primary N) is 1. The second kappa shape index (κ2) is 18.0. The summed E-state index contributed by atoms with van der Waals surface area (Å²) in [6.07, 6.45) is 10.1. The van der Waals surface area contributed by atoms with Gasteiger partial charge in [-0.15, -0.1) is 0 Å².